The average Bonchev–Trinajstić information content (AvgIpc) is 2.96. The van der Waals surface area contributed by atoms with Crippen LogP contribution < -0.4 is 5.32 Å². The van der Waals surface area contributed by atoms with Crippen LogP contribution in [0.5, 0.6) is 0 Å². The van der Waals surface area contributed by atoms with Gasteiger partial charge in [0.15, 0.2) is 0 Å². The first-order valence-corrected chi connectivity index (χ1v) is 9.06. The molecule has 136 valence electrons. The Morgan fingerprint density at radius 3 is 2.73 bits per heavy atom. The summed E-state index contributed by atoms with van der Waals surface area (Å²) < 4.78 is 5.16. The number of nitrogens with one attached hydrogen (secondary N) is 1. The predicted molar refractivity (Wildman–Crippen MR) is 106 cm³/mol. The number of rotatable bonds is 6. The van der Waals surface area contributed by atoms with Crippen LogP contribution >= 0.6 is 0 Å². The van der Waals surface area contributed by atoms with Gasteiger partial charge in [0.1, 0.15) is 0 Å². The van der Waals surface area contributed by atoms with Crippen LogP contribution in [0.15, 0.2) is 42.5 Å². The van der Waals surface area contributed by atoms with Crippen LogP contribution in [0.1, 0.15) is 55.2 Å². The second-order valence-electron chi connectivity index (χ2n) is 6.36. The smallest absolute Gasteiger partial charge is 0.338 e. The number of amides is 1. The molecular weight excluding hydrogens is 326 g/mol. The van der Waals surface area contributed by atoms with Gasteiger partial charge >= 0.3 is 5.97 Å². The third-order valence-corrected chi connectivity index (χ3v) is 4.35. The predicted octanol–water partition coefficient (Wildman–Crippen LogP) is 4.94. The highest BCUT2D eigenvalue weighted by molar-refractivity contribution is 6.35. The molecule has 3 rings (SSSR count). The quantitative estimate of drug-likeness (QED) is 0.592. The molecule has 1 aliphatic heterocycles. The van der Waals surface area contributed by atoms with Crippen molar-refractivity contribution in [3.05, 3.63) is 64.7 Å². The Hall–Kier alpha value is -2.88. The summed E-state index contributed by atoms with van der Waals surface area (Å²) in [5, 5.41) is 2.86. The average molecular weight is 351 g/mol. The minimum absolute atomic E-state index is 0. The van der Waals surface area contributed by atoms with E-state index in [1.165, 1.54) is 5.56 Å². The van der Waals surface area contributed by atoms with Crippen molar-refractivity contribution in [3.8, 4) is 0 Å². The van der Waals surface area contributed by atoms with Gasteiger partial charge in [-0.15, -0.1) is 0 Å². The number of benzene rings is 2. The van der Waals surface area contributed by atoms with E-state index in [1.54, 1.807) is 12.1 Å². The van der Waals surface area contributed by atoms with Gasteiger partial charge in [-0.05, 0) is 42.2 Å². The first-order valence-electron chi connectivity index (χ1n) is 9.06. The van der Waals surface area contributed by atoms with Crippen molar-refractivity contribution >= 4 is 29.2 Å². The number of carbonyl (C=O) groups is 2. The van der Waals surface area contributed by atoms with Gasteiger partial charge in [0.2, 0.25) is 0 Å². The molecule has 1 aliphatic rings. The molecule has 0 atom stereocenters. The summed E-state index contributed by atoms with van der Waals surface area (Å²) >= 11 is 0. The van der Waals surface area contributed by atoms with Crippen LogP contribution in [0.25, 0.3) is 11.6 Å². The molecule has 4 nitrogen and oxygen atoms in total. The zero-order chi connectivity index (χ0) is 18.5. The van der Waals surface area contributed by atoms with E-state index < -0.39 is 0 Å². The van der Waals surface area contributed by atoms with Crippen LogP contribution in [-0.4, -0.2) is 18.5 Å². The van der Waals surface area contributed by atoms with Gasteiger partial charge < -0.3 is 10.1 Å². The van der Waals surface area contributed by atoms with E-state index in [9.17, 15) is 9.59 Å². The van der Waals surface area contributed by atoms with Gasteiger partial charge in [0.05, 0.1) is 12.2 Å². The molecule has 0 unspecified atom stereocenters. The van der Waals surface area contributed by atoms with Crippen molar-refractivity contribution < 1.29 is 15.8 Å². The summed E-state index contributed by atoms with van der Waals surface area (Å²) in [6.45, 7) is 4.48. The molecule has 0 spiro atoms. The van der Waals surface area contributed by atoms with E-state index >= 15 is 0 Å². The standard InChI is InChI=1S/C22H23NO3.H2/c1-3-7-15-8-5-6-9-16(15)13-19-18-11-10-17(22(25)26-12-4-2)14-20(18)23-21(19)24;/h5-6,8-11,13-14H,3-4,7,12H2,1-2H3,(H,23,24);1H/b19-13+;. The zero-order valence-electron chi connectivity index (χ0n) is 15.2. The second kappa shape index (κ2) is 8.00. The Kier molecular flexibility index (Phi) is 5.52. The molecule has 0 saturated carbocycles. The van der Waals surface area contributed by atoms with Crippen molar-refractivity contribution in [3.63, 3.8) is 0 Å². The highest BCUT2D eigenvalue weighted by Crippen LogP contribution is 2.34. The van der Waals surface area contributed by atoms with E-state index in [4.69, 9.17) is 4.74 Å². The molecule has 0 saturated heterocycles. The topological polar surface area (TPSA) is 55.4 Å². The minimum Gasteiger partial charge on any atom is -0.462 e. The maximum atomic E-state index is 12.5. The number of hydrogen-bond donors (Lipinski definition) is 1. The van der Waals surface area contributed by atoms with Gasteiger partial charge in [-0.2, -0.15) is 0 Å². The molecule has 2 aromatic rings. The fourth-order valence-electron chi connectivity index (χ4n) is 3.07. The summed E-state index contributed by atoms with van der Waals surface area (Å²) in [4.78, 5) is 24.5. The summed E-state index contributed by atoms with van der Waals surface area (Å²) in [5.41, 5.74) is 4.82. The molecule has 0 radical (unpaired) electrons. The lowest BCUT2D eigenvalue weighted by molar-refractivity contribution is -0.110. The third-order valence-electron chi connectivity index (χ3n) is 4.35. The first kappa shape index (κ1) is 17.9. The Morgan fingerprint density at radius 1 is 1.15 bits per heavy atom. The molecule has 1 N–H and O–H groups in total. The van der Waals surface area contributed by atoms with E-state index in [2.05, 4.69) is 18.3 Å². The van der Waals surface area contributed by atoms with Crippen LogP contribution in [0, 0.1) is 0 Å². The highest BCUT2D eigenvalue weighted by atomic mass is 16.5. The first-order chi connectivity index (χ1) is 12.6. The van der Waals surface area contributed by atoms with E-state index in [1.807, 2.05) is 37.3 Å². The number of fused-ring (bicyclic) bond motifs is 1. The Morgan fingerprint density at radius 2 is 1.96 bits per heavy atom. The largest absolute Gasteiger partial charge is 0.462 e. The van der Waals surface area contributed by atoms with Gasteiger partial charge in [-0.25, -0.2) is 4.79 Å². The van der Waals surface area contributed by atoms with Gasteiger partial charge in [0.25, 0.3) is 5.91 Å². The Labute approximate surface area is 155 Å². The fraction of sp³-hybridized carbons (Fsp3) is 0.273. The molecule has 0 aliphatic carbocycles. The molecule has 1 amide bonds. The lowest BCUT2D eigenvalue weighted by Gasteiger charge is -2.06. The second-order valence-corrected chi connectivity index (χ2v) is 6.36. The SMILES string of the molecule is CCCOC(=O)c1ccc2c(c1)NC(=O)/C2=C/c1ccccc1CCC.[HH]. The number of ether oxygens (including phenoxy) is 1. The van der Waals surface area contributed by atoms with Crippen molar-refractivity contribution in [2.24, 2.45) is 0 Å². The molecule has 0 fully saturated rings. The number of anilines is 1. The summed E-state index contributed by atoms with van der Waals surface area (Å²) in [6.07, 6.45) is 4.72. The minimum atomic E-state index is -0.366. The fourth-order valence-corrected chi connectivity index (χ4v) is 3.07. The summed E-state index contributed by atoms with van der Waals surface area (Å²) in [5.74, 6) is -0.514. The third kappa shape index (κ3) is 3.69. The summed E-state index contributed by atoms with van der Waals surface area (Å²) in [7, 11) is 0. The lowest BCUT2D eigenvalue weighted by atomic mass is 9.98. The monoisotopic (exact) mass is 351 g/mol. The number of aryl methyl sites for hydroxylation is 1. The molecule has 1 heterocycles. The maximum absolute atomic E-state index is 12.5. The van der Waals surface area contributed by atoms with Crippen LogP contribution in [0.2, 0.25) is 0 Å². The van der Waals surface area contributed by atoms with Gasteiger partial charge in [-0.1, -0.05) is 50.6 Å². The molecule has 26 heavy (non-hydrogen) atoms. The number of carbonyl (C=O) groups excluding carboxylic acids is 2. The summed E-state index contributed by atoms with van der Waals surface area (Å²) in [6, 6.07) is 13.3. The van der Waals surface area contributed by atoms with Gasteiger partial charge in [-0.3, -0.25) is 4.79 Å². The number of esters is 1. The zero-order valence-corrected chi connectivity index (χ0v) is 15.2. The highest BCUT2D eigenvalue weighted by Gasteiger charge is 2.25. The normalized spacial score (nSPS) is 14.2. The molecule has 0 bridgehead atoms. The van der Waals surface area contributed by atoms with Crippen LogP contribution in [0.4, 0.5) is 5.69 Å². The maximum Gasteiger partial charge on any atom is 0.338 e. The number of hydrogen-bond acceptors (Lipinski definition) is 3. The van der Waals surface area contributed by atoms with Crippen molar-refractivity contribution in [1.82, 2.24) is 0 Å². The Balaban J connectivity index is 0.00000261. The van der Waals surface area contributed by atoms with E-state index in [-0.39, 0.29) is 13.3 Å². The van der Waals surface area contributed by atoms with E-state index in [0.717, 1.165) is 30.4 Å². The molecule has 0 aromatic heterocycles. The molecule has 2 aromatic carbocycles. The molecular formula is C22H25NO3. The molecule has 4 heteroatoms. The van der Waals surface area contributed by atoms with Crippen molar-refractivity contribution in [2.45, 2.75) is 33.1 Å². The Bertz CT molecular complexity index is 874. The van der Waals surface area contributed by atoms with Crippen molar-refractivity contribution in [1.29, 1.82) is 0 Å². The van der Waals surface area contributed by atoms with Crippen molar-refractivity contribution in [2.75, 3.05) is 11.9 Å². The van der Waals surface area contributed by atoms with E-state index in [0.29, 0.717) is 23.4 Å². The lowest BCUT2D eigenvalue weighted by Crippen LogP contribution is -2.06. The van der Waals surface area contributed by atoms with Crippen LogP contribution in [-0.2, 0) is 16.0 Å². The van der Waals surface area contributed by atoms with Gasteiger partial charge in [0, 0.05) is 18.3 Å². The van der Waals surface area contributed by atoms with Crippen LogP contribution in [0.3, 0.4) is 0 Å².